The fourth-order valence-corrected chi connectivity index (χ4v) is 2.93. The van der Waals surface area contributed by atoms with Crippen molar-refractivity contribution in [1.82, 2.24) is 5.32 Å². The van der Waals surface area contributed by atoms with E-state index in [9.17, 15) is 0 Å². The SMILES string of the molecule is CCNC1CCN(c2ccc(OCC)cc2)C(C)C1. The Hall–Kier alpha value is -1.22. The molecule has 2 rings (SSSR count). The lowest BCUT2D eigenvalue weighted by Crippen LogP contribution is -2.47. The van der Waals surface area contributed by atoms with Gasteiger partial charge in [0.25, 0.3) is 0 Å². The Morgan fingerprint density at radius 3 is 2.58 bits per heavy atom. The van der Waals surface area contributed by atoms with E-state index < -0.39 is 0 Å². The Morgan fingerprint density at radius 2 is 2.00 bits per heavy atom. The first-order valence-corrected chi connectivity index (χ1v) is 7.47. The number of nitrogens with one attached hydrogen (secondary N) is 1. The van der Waals surface area contributed by atoms with Crippen molar-refractivity contribution < 1.29 is 4.74 Å². The molecule has 1 aromatic carbocycles. The topological polar surface area (TPSA) is 24.5 Å². The smallest absolute Gasteiger partial charge is 0.119 e. The summed E-state index contributed by atoms with van der Waals surface area (Å²) in [5.74, 6) is 0.960. The molecule has 2 atom stereocenters. The van der Waals surface area contributed by atoms with Crippen molar-refractivity contribution in [2.45, 2.75) is 45.7 Å². The molecule has 0 bridgehead atoms. The highest BCUT2D eigenvalue weighted by Crippen LogP contribution is 2.26. The van der Waals surface area contributed by atoms with E-state index in [-0.39, 0.29) is 0 Å². The van der Waals surface area contributed by atoms with E-state index >= 15 is 0 Å². The van der Waals surface area contributed by atoms with E-state index in [2.05, 4.69) is 48.3 Å². The van der Waals surface area contributed by atoms with Gasteiger partial charge in [-0.05, 0) is 57.5 Å². The second-order valence-corrected chi connectivity index (χ2v) is 5.25. The van der Waals surface area contributed by atoms with Crippen LogP contribution in [0.15, 0.2) is 24.3 Å². The van der Waals surface area contributed by atoms with Crippen molar-refractivity contribution in [2.75, 3.05) is 24.6 Å². The van der Waals surface area contributed by atoms with Gasteiger partial charge >= 0.3 is 0 Å². The average Bonchev–Trinajstić information content (AvgIpc) is 2.41. The van der Waals surface area contributed by atoms with Crippen LogP contribution in [0.1, 0.15) is 33.6 Å². The molecular weight excluding hydrogens is 236 g/mol. The van der Waals surface area contributed by atoms with Gasteiger partial charge in [0.1, 0.15) is 5.75 Å². The fraction of sp³-hybridized carbons (Fsp3) is 0.625. The molecule has 0 amide bonds. The Bertz CT molecular complexity index is 377. The van der Waals surface area contributed by atoms with Gasteiger partial charge in [0.2, 0.25) is 0 Å². The highest BCUT2D eigenvalue weighted by molar-refractivity contribution is 5.50. The molecule has 0 aromatic heterocycles. The third kappa shape index (κ3) is 3.63. The van der Waals surface area contributed by atoms with Gasteiger partial charge in [-0.15, -0.1) is 0 Å². The summed E-state index contributed by atoms with van der Waals surface area (Å²) >= 11 is 0. The lowest BCUT2D eigenvalue weighted by atomic mass is 9.97. The molecule has 0 aliphatic carbocycles. The molecule has 19 heavy (non-hydrogen) atoms. The van der Waals surface area contributed by atoms with Crippen molar-refractivity contribution in [3.63, 3.8) is 0 Å². The highest BCUT2D eigenvalue weighted by atomic mass is 16.5. The van der Waals surface area contributed by atoms with Gasteiger partial charge in [-0.1, -0.05) is 6.92 Å². The number of hydrogen-bond donors (Lipinski definition) is 1. The molecule has 0 spiro atoms. The molecule has 1 N–H and O–H groups in total. The van der Waals surface area contributed by atoms with Crippen LogP contribution in [-0.4, -0.2) is 31.8 Å². The average molecular weight is 262 g/mol. The number of nitrogens with zero attached hydrogens (tertiary/aromatic N) is 1. The molecule has 2 unspecified atom stereocenters. The summed E-state index contributed by atoms with van der Waals surface area (Å²) in [6, 6.07) is 9.77. The normalized spacial score (nSPS) is 23.4. The first-order valence-electron chi connectivity index (χ1n) is 7.47. The Kier molecular flexibility index (Phi) is 5.08. The largest absolute Gasteiger partial charge is 0.494 e. The molecule has 3 heteroatoms. The second kappa shape index (κ2) is 6.80. The van der Waals surface area contributed by atoms with Crippen molar-refractivity contribution in [1.29, 1.82) is 0 Å². The van der Waals surface area contributed by atoms with Crippen LogP contribution < -0.4 is 15.0 Å². The zero-order chi connectivity index (χ0) is 13.7. The van der Waals surface area contributed by atoms with Crippen molar-refractivity contribution in [2.24, 2.45) is 0 Å². The standard InChI is InChI=1S/C16H26N2O/c1-4-17-14-10-11-18(13(3)12-14)15-6-8-16(9-7-15)19-5-2/h6-9,13-14,17H,4-5,10-12H2,1-3H3. The molecule has 0 saturated carbocycles. The predicted octanol–water partition coefficient (Wildman–Crippen LogP) is 3.05. The highest BCUT2D eigenvalue weighted by Gasteiger charge is 2.24. The third-order valence-electron chi connectivity index (χ3n) is 3.85. The molecule has 1 aliphatic heterocycles. The van der Waals surface area contributed by atoms with Gasteiger partial charge in [0.05, 0.1) is 6.61 Å². The Labute approximate surface area is 116 Å². The van der Waals surface area contributed by atoms with E-state index in [1.807, 2.05) is 6.92 Å². The van der Waals surface area contributed by atoms with Gasteiger partial charge < -0.3 is 15.0 Å². The summed E-state index contributed by atoms with van der Waals surface area (Å²) < 4.78 is 5.50. The summed E-state index contributed by atoms with van der Waals surface area (Å²) in [4.78, 5) is 2.50. The Morgan fingerprint density at radius 1 is 1.26 bits per heavy atom. The van der Waals surface area contributed by atoms with Crippen LogP contribution >= 0.6 is 0 Å². The minimum absolute atomic E-state index is 0.593. The molecule has 3 nitrogen and oxygen atoms in total. The lowest BCUT2D eigenvalue weighted by Gasteiger charge is -2.39. The zero-order valence-corrected chi connectivity index (χ0v) is 12.4. The van der Waals surface area contributed by atoms with Gasteiger partial charge in [-0.2, -0.15) is 0 Å². The number of rotatable bonds is 5. The number of piperidine rings is 1. The number of hydrogen-bond acceptors (Lipinski definition) is 3. The maximum absolute atomic E-state index is 5.50. The van der Waals surface area contributed by atoms with E-state index in [4.69, 9.17) is 4.74 Å². The quantitative estimate of drug-likeness (QED) is 0.882. The zero-order valence-electron chi connectivity index (χ0n) is 12.4. The molecule has 1 heterocycles. The summed E-state index contributed by atoms with van der Waals surface area (Å²) in [7, 11) is 0. The van der Waals surface area contributed by atoms with Crippen LogP contribution in [0.2, 0.25) is 0 Å². The summed E-state index contributed by atoms with van der Waals surface area (Å²) in [6.07, 6.45) is 2.45. The number of ether oxygens (including phenoxy) is 1. The van der Waals surface area contributed by atoms with Crippen LogP contribution in [0.25, 0.3) is 0 Å². The second-order valence-electron chi connectivity index (χ2n) is 5.25. The maximum Gasteiger partial charge on any atom is 0.119 e. The first kappa shape index (κ1) is 14.2. The van der Waals surface area contributed by atoms with Gasteiger partial charge in [0, 0.05) is 24.3 Å². The summed E-state index contributed by atoms with van der Waals surface area (Å²) in [5.41, 5.74) is 1.31. The minimum Gasteiger partial charge on any atom is -0.494 e. The van der Waals surface area contributed by atoms with E-state index in [0.29, 0.717) is 12.1 Å². The van der Waals surface area contributed by atoms with E-state index in [0.717, 1.165) is 25.4 Å². The molecule has 1 aromatic rings. The molecular formula is C16H26N2O. The number of benzene rings is 1. The fourth-order valence-electron chi connectivity index (χ4n) is 2.93. The van der Waals surface area contributed by atoms with E-state index in [1.165, 1.54) is 18.5 Å². The van der Waals surface area contributed by atoms with Crippen LogP contribution in [0, 0.1) is 0 Å². The lowest BCUT2D eigenvalue weighted by molar-refractivity contribution is 0.340. The van der Waals surface area contributed by atoms with Gasteiger partial charge in [-0.25, -0.2) is 0 Å². The van der Waals surface area contributed by atoms with Crippen molar-refractivity contribution in [3.8, 4) is 5.75 Å². The van der Waals surface area contributed by atoms with Crippen LogP contribution in [0.5, 0.6) is 5.75 Å². The molecule has 0 radical (unpaired) electrons. The number of anilines is 1. The third-order valence-corrected chi connectivity index (χ3v) is 3.85. The van der Waals surface area contributed by atoms with E-state index in [1.54, 1.807) is 0 Å². The van der Waals surface area contributed by atoms with Gasteiger partial charge in [-0.3, -0.25) is 0 Å². The first-order chi connectivity index (χ1) is 9.24. The monoisotopic (exact) mass is 262 g/mol. The van der Waals surface area contributed by atoms with Crippen molar-refractivity contribution >= 4 is 5.69 Å². The van der Waals surface area contributed by atoms with Crippen LogP contribution in [0.3, 0.4) is 0 Å². The molecule has 1 saturated heterocycles. The molecule has 106 valence electrons. The summed E-state index contributed by atoms with van der Waals surface area (Å²) in [5, 5.41) is 3.57. The van der Waals surface area contributed by atoms with Crippen LogP contribution in [-0.2, 0) is 0 Å². The summed E-state index contributed by atoms with van der Waals surface area (Å²) in [6.45, 7) is 9.45. The maximum atomic E-state index is 5.50. The Balaban J connectivity index is 1.98. The minimum atomic E-state index is 0.593. The van der Waals surface area contributed by atoms with Crippen LogP contribution in [0.4, 0.5) is 5.69 Å². The van der Waals surface area contributed by atoms with Gasteiger partial charge in [0.15, 0.2) is 0 Å². The molecule has 1 fully saturated rings. The van der Waals surface area contributed by atoms with Crippen molar-refractivity contribution in [3.05, 3.63) is 24.3 Å². The molecule has 1 aliphatic rings. The predicted molar refractivity (Wildman–Crippen MR) is 81.1 cm³/mol.